The second-order valence-corrected chi connectivity index (χ2v) is 12.1. The molecule has 0 aromatic heterocycles. The highest BCUT2D eigenvalue weighted by molar-refractivity contribution is 8.02. The maximum Gasteiger partial charge on any atom is 0.311 e. The normalized spacial score (nSPS) is 35.3. The van der Waals surface area contributed by atoms with Gasteiger partial charge >= 0.3 is 5.97 Å². The summed E-state index contributed by atoms with van der Waals surface area (Å²) in [5, 5.41) is 8.94. The number of nitrogens with zero attached hydrogens (tertiary/aromatic N) is 2. The Morgan fingerprint density at radius 1 is 1.03 bits per heavy atom. The lowest BCUT2D eigenvalue weighted by molar-refractivity contribution is -0.153. The van der Waals surface area contributed by atoms with E-state index in [1.807, 2.05) is 11.0 Å². The van der Waals surface area contributed by atoms with Crippen LogP contribution < -0.4 is 0 Å². The predicted octanol–water partition coefficient (Wildman–Crippen LogP) is 3.07. The topological polar surface area (TPSA) is 87.2 Å². The fraction of sp³-hybridized carbons (Fsp3) is 0.741. The first-order valence-electron chi connectivity index (χ1n) is 13.5. The van der Waals surface area contributed by atoms with Crippen LogP contribution in [0, 0.1) is 11.8 Å². The Balaban J connectivity index is 1.49. The van der Waals surface area contributed by atoms with Crippen LogP contribution >= 0.6 is 11.8 Å². The summed E-state index contributed by atoms with van der Waals surface area (Å²) >= 11 is 1.63. The van der Waals surface area contributed by atoms with Crippen LogP contribution in [0.15, 0.2) is 24.3 Å². The van der Waals surface area contributed by atoms with E-state index in [1.54, 1.807) is 16.7 Å². The molecule has 0 radical (unpaired) electrons. The summed E-state index contributed by atoms with van der Waals surface area (Å²) in [7, 11) is 0. The van der Waals surface area contributed by atoms with Crippen LogP contribution in [0.3, 0.4) is 0 Å². The van der Waals surface area contributed by atoms with Gasteiger partial charge in [0.05, 0.1) is 23.2 Å². The van der Waals surface area contributed by atoms with Crippen molar-refractivity contribution in [2.24, 2.45) is 11.8 Å². The molecule has 4 aliphatic heterocycles. The van der Waals surface area contributed by atoms with Crippen LogP contribution in [-0.2, 0) is 19.1 Å². The van der Waals surface area contributed by atoms with Crippen LogP contribution in [0.4, 0.5) is 0 Å². The molecule has 2 saturated heterocycles. The summed E-state index contributed by atoms with van der Waals surface area (Å²) in [4.78, 5) is 45.3. The number of esters is 1. The highest BCUT2D eigenvalue weighted by Crippen LogP contribution is 2.61. The highest BCUT2D eigenvalue weighted by Gasteiger charge is 2.71. The number of rotatable bonds is 7. The number of fused-ring (bicyclic) bond motifs is 2. The Morgan fingerprint density at radius 2 is 1.83 bits per heavy atom. The molecule has 192 valence electrons. The molecule has 1 aliphatic carbocycles. The molecule has 8 heteroatoms. The summed E-state index contributed by atoms with van der Waals surface area (Å²) in [6.45, 7) is 1.59. The number of hydrogen-bond donors (Lipinski definition) is 1. The molecule has 1 saturated carbocycles. The van der Waals surface area contributed by atoms with Crippen molar-refractivity contribution >= 4 is 29.5 Å². The summed E-state index contributed by atoms with van der Waals surface area (Å²) in [5.41, 5.74) is 0. The molecule has 0 aromatic rings. The SMILES string of the molecule is O=C1OCCC=C[C@H]2S[C@]34C=CCN(C5CCCCC5)C(=O)C3N(CCCCCCO)C(=O)[C@@H]4[C@@H]12. The van der Waals surface area contributed by atoms with Gasteiger partial charge in [-0.2, -0.15) is 0 Å². The number of likely N-dealkylation sites (tertiary alicyclic amines) is 1. The zero-order valence-corrected chi connectivity index (χ0v) is 21.3. The number of carbonyl (C=O) groups excluding carboxylic acids is 3. The largest absolute Gasteiger partial charge is 0.465 e. The van der Waals surface area contributed by atoms with E-state index in [4.69, 9.17) is 9.84 Å². The third-order valence-electron chi connectivity index (χ3n) is 8.47. The van der Waals surface area contributed by atoms with Gasteiger partial charge in [0.25, 0.3) is 0 Å². The molecule has 35 heavy (non-hydrogen) atoms. The van der Waals surface area contributed by atoms with Gasteiger partial charge in [-0.05, 0) is 32.1 Å². The van der Waals surface area contributed by atoms with Crippen molar-refractivity contribution in [2.75, 3.05) is 26.3 Å². The van der Waals surface area contributed by atoms with Crippen LogP contribution in [0.1, 0.15) is 64.2 Å². The highest BCUT2D eigenvalue weighted by atomic mass is 32.2. The minimum absolute atomic E-state index is 0.0484. The zero-order valence-electron chi connectivity index (χ0n) is 20.5. The summed E-state index contributed by atoms with van der Waals surface area (Å²) < 4.78 is 4.80. The lowest BCUT2D eigenvalue weighted by Crippen LogP contribution is -2.55. The number of thioether (sulfide) groups is 1. The Kier molecular flexibility index (Phi) is 7.58. The lowest BCUT2D eigenvalue weighted by Gasteiger charge is -2.39. The molecule has 3 fully saturated rings. The number of unbranched alkanes of at least 4 members (excludes halogenated alkanes) is 3. The first-order valence-corrected chi connectivity index (χ1v) is 14.4. The summed E-state index contributed by atoms with van der Waals surface area (Å²) in [6, 6.07) is -0.362. The van der Waals surface area contributed by atoms with E-state index in [0.29, 0.717) is 26.1 Å². The number of ether oxygens (including phenoxy) is 1. The second kappa shape index (κ2) is 10.7. The van der Waals surface area contributed by atoms with Gasteiger partial charge < -0.3 is 19.6 Å². The van der Waals surface area contributed by atoms with Gasteiger partial charge in [-0.3, -0.25) is 14.4 Å². The monoisotopic (exact) mass is 502 g/mol. The van der Waals surface area contributed by atoms with E-state index >= 15 is 0 Å². The molecule has 4 heterocycles. The number of amides is 2. The predicted molar refractivity (Wildman–Crippen MR) is 135 cm³/mol. The third kappa shape index (κ3) is 4.45. The van der Waals surface area contributed by atoms with Crippen LogP contribution in [0.25, 0.3) is 0 Å². The smallest absolute Gasteiger partial charge is 0.311 e. The van der Waals surface area contributed by atoms with Crippen molar-refractivity contribution in [3.8, 4) is 0 Å². The van der Waals surface area contributed by atoms with Crippen molar-refractivity contribution in [3.05, 3.63) is 24.3 Å². The molecule has 1 unspecified atom stereocenters. The molecular formula is C27H38N2O5S. The molecule has 5 atom stereocenters. The van der Waals surface area contributed by atoms with Gasteiger partial charge in [-0.25, -0.2) is 0 Å². The molecular weight excluding hydrogens is 464 g/mol. The van der Waals surface area contributed by atoms with Gasteiger partial charge in [0, 0.05) is 31.0 Å². The molecule has 1 N–H and O–H groups in total. The average Bonchev–Trinajstić information content (AvgIpc) is 3.23. The second-order valence-electron chi connectivity index (χ2n) is 10.6. The lowest BCUT2D eigenvalue weighted by atomic mass is 9.78. The average molecular weight is 503 g/mol. The Labute approximate surface area is 212 Å². The van der Waals surface area contributed by atoms with E-state index in [1.165, 1.54) is 6.42 Å². The number of carbonyl (C=O) groups is 3. The first-order chi connectivity index (χ1) is 17.1. The Bertz CT molecular complexity index is 885. The first kappa shape index (κ1) is 24.9. The summed E-state index contributed by atoms with van der Waals surface area (Å²) in [5.74, 6) is -1.48. The maximum atomic E-state index is 14.3. The number of aliphatic hydroxyl groups excluding tert-OH is 1. The number of aliphatic hydroxyl groups is 1. The van der Waals surface area contributed by atoms with E-state index in [-0.39, 0.29) is 35.7 Å². The van der Waals surface area contributed by atoms with Crippen molar-refractivity contribution in [3.63, 3.8) is 0 Å². The van der Waals surface area contributed by atoms with Crippen molar-refractivity contribution in [1.82, 2.24) is 9.80 Å². The van der Waals surface area contributed by atoms with Gasteiger partial charge in [-0.1, -0.05) is 56.4 Å². The molecule has 0 aromatic carbocycles. The molecule has 0 bridgehead atoms. The molecule has 5 aliphatic rings. The van der Waals surface area contributed by atoms with Gasteiger partial charge in [0.2, 0.25) is 11.8 Å². The fourth-order valence-corrected chi connectivity index (χ4v) is 8.83. The molecule has 1 spiro atoms. The van der Waals surface area contributed by atoms with Crippen LogP contribution in [-0.4, -0.2) is 81.1 Å². The Hall–Kier alpha value is -1.80. The van der Waals surface area contributed by atoms with Crippen LogP contribution in [0.5, 0.6) is 0 Å². The zero-order chi connectivity index (χ0) is 24.4. The molecule has 5 rings (SSSR count). The number of cyclic esters (lactones) is 1. The van der Waals surface area contributed by atoms with Crippen LogP contribution in [0.2, 0.25) is 0 Å². The molecule has 2 amide bonds. The van der Waals surface area contributed by atoms with Gasteiger partial charge in [0.1, 0.15) is 6.04 Å². The van der Waals surface area contributed by atoms with E-state index in [9.17, 15) is 14.4 Å². The third-order valence-corrected chi connectivity index (χ3v) is 10.2. The van der Waals surface area contributed by atoms with Crippen molar-refractivity contribution < 1.29 is 24.2 Å². The maximum absolute atomic E-state index is 14.3. The Morgan fingerprint density at radius 3 is 2.63 bits per heavy atom. The van der Waals surface area contributed by atoms with Gasteiger partial charge in [-0.15, -0.1) is 11.8 Å². The minimum atomic E-state index is -0.744. The standard InChI is InChI=1S/C27H38N2O5S/c30-17-8-2-1-7-15-29-23-25(32)28(19-11-4-3-5-12-19)16-10-14-27(23)22(24(29)31)21-20(35-27)13-6-9-18-34-26(21)33/h6,10,13-14,19-23,30H,1-5,7-9,11-12,15-18H2/t20-,21+,22+,23?,27+/m1/s1. The van der Waals surface area contributed by atoms with E-state index < -0.39 is 22.6 Å². The van der Waals surface area contributed by atoms with Crippen molar-refractivity contribution in [1.29, 1.82) is 0 Å². The quantitative estimate of drug-likeness (QED) is 0.327. The van der Waals surface area contributed by atoms with Gasteiger partial charge in [0.15, 0.2) is 0 Å². The van der Waals surface area contributed by atoms with Crippen molar-refractivity contribution in [2.45, 2.75) is 86.3 Å². The minimum Gasteiger partial charge on any atom is -0.465 e. The molecule has 7 nitrogen and oxygen atoms in total. The number of hydrogen-bond acceptors (Lipinski definition) is 6. The summed E-state index contributed by atoms with van der Waals surface area (Å²) in [6.07, 6.45) is 17.8. The van der Waals surface area contributed by atoms with E-state index in [2.05, 4.69) is 18.2 Å². The van der Waals surface area contributed by atoms with E-state index in [0.717, 1.165) is 51.4 Å². The fourth-order valence-electron chi connectivity index (χ4n) is 6.83.